The number of nitrogens with zero attached hydrogens (tertiary/aromatic N) is 1. The van der Waals surface area contributed by atoms with Gasteiger partial charge in [-0.05, 0) is 56.8 Å². The van der Waals surface area contributed by atoms with Crippen LogP contribution in [0.1, 0.15) is 59.8 Å². The lowest BCUT2D eigenvalue weighted by Crippen LogP contribution is -2.51. The molecule has 19 heavy (non-hydrogen) atoms. The van der Waals surface area contributed by atoms with Crippen LogP contribution in [0, 0.1) is 23.2 Å². The quantitative estimate of drug-likeness (QED) is 0.724. The first-order chi connectivity index (χ1) is 8.96. The second-order valence-corrected chi connectivity index (χ2v) is 7.65. The highest BCUT2D eigenvalue weighted by Gasteiger charge is 2.39. The van der Waals surface area contributed by atoms with Crippen LogP contribution in [0.15, 0.2) is 0 Å². The Kier molecular flexibility index (Phi) is 4.70. The van der Waals surface area contributed by atoms with Gasteiger partial charge in [-0.15, -0.1) is 0 Å². The van der Waals surface area contributed by atoms with Crippen molar-refractivity contribution in [3.63, 3.8) is 0 Å². The lowest BCUT2D eigenvalue weighted by molar-refractivity contribution is -0.121. The number of carbonyl (C=O) groups is 1. The highest BCUT2D eigenvalue weighted by atomic mass is 16.1. The van der Waals surface area contributed by atoms with Crippen molar-refractivity contribution < 1.29 is 4.79 Å². The first-order valence-electron chi connectivity index (χ1n) is 8.16. The van der Waals surface area contributed by atoms with E-state index in [9.17, 15) is 4.79 Å². The van der Waals surface area contributed by atoms with Crippen molar-refractivity contribution in [2.45, 2.75) is 65.8 Å². The first-order valence-corrected chi connectivity index (χ1v) is 8.16. The summed E-state index contributed by atoms with van der Waals surface area (Å²) in [6.45, 7) is 11.6. The summed E-state index contributed by atoms with van der Waals surface area (Å²) in [5, 5.41) is 0. The maximum atomic E-state index is 11.7. The van der Waals surface area contributed by atoms with E-state index in [1.54, 1.807) is 0 Å². The summed E-state index contributed by atoms with van der Waals surface area (Å²) in [4.78, 5) is 14.3. The van der Waals surface area contributed by atoms with Gasteiger partial charge in [-0.2, -0.15) is 0 Å². The number of likely N-dealkylation sites (tertiary alicyclic amines) is 1. The Morgan fingerprint density at radius 3 is 2.32 bits per heavy atom. The third-order valence-electron chi connectivity index (χ3n) is 5.76. The van der Waals surface area contributed by atoms with Crippen molar-refractivity contribution in [2.75, 3.05) is 13.1 Å². The molecule has 1 aliphatic heterocycles. The Morgan fingerprint density at radius 1 is 1.11 bits per heavy atom. The summed E-state index contributed by atoms with van der Waals surface area (Å²) in [7, 11) is 0. The minimum absolute atomic E-state index is 0.0441. The van der Waals surface area contributed by atoms with E-state index in [-0.39, 0.29) is 5.41 Å². The molecular weight excluding hydrogens is 234 g/mol. The van der Waals surface area contributed by atoms with E-state index in [0.29, 0.717) is 6.04 Å². The minimum Gasteiger partial charge on any atom is -0.303 e. The van der Waals surface area contributed by atoms with Crippen LogP contribution in [0.5, 0.6) is 0 Å². The molecule has 0 aromatic rings. The Balaban J connectivity index is 2.03. The summed E-state index contributed by atoms with van der Waals surface area (Å²) < 4.78 is 0. The van der Waals surface area contributed by atoms with E-state index in [4.69, 9.17) is 0 Å². The van der Waals surface area contributed by atoms with Gasteiger partial charge in [0.25, 0.3) is 0 Å². The topological polar surface area (TPSA) is 20.3 Å². The van der Waals surface area contributed by atoms with Gasteiger partial charge in [0.2, 0.25) is 0 Å². The molecule has 0 bridgehead atoms. The molecule has 2 fully saturated rings. The predicted octanol–water partition coefficient (Wildman–Crippen LogP) is 3.75. The van der Waals surface area contributed by atoms with Crippen molar-refractivity contribution >= 4 is 6.29 Å². The molecule has 110 valence electrons. The maximum Gasteiger partial charge on any atom is 0.127 e. The largest absolute Gasteiger partial charge is 0.303 e. The normalized spacial score (nSPS) is 45.1. The summed E-state index contributed by atoms with van der Waals surface area (Å²) in [5.74, 6) is 2.34. The molecule has 1 saturated heterocycles. The van der Waals surface area contributed by atoms with Crippen molar-refractivity contribution in [1.82, 2.24) is 4.90 Å². The molecular formula is C17H31NO. The minimum atomic E-state index is -0.0441. The van der Waals surface area contributed by atoms with Crippen LogP contribution in [0.2, 0.25) is 0 Å². The van der Waals surface area contributed by atoms with E-state index >= 15 is 0 Å². The molecule has 0 N–H and O–H groups in total. The number of hydrogen-bond acceptors (Lipinski definition) is 2. The van der Waals surface area contributed by atoms with E-state index < -0.39 is 0 Å². The summed E-state index contributed by atoms with van der Waals surface area (Å²) in [5.41, 5.74) is -0.0441. The Bertz CT molecular complexity index is 306. The molecule has 0 aromatic carbocycles. The molecule has 2 aliphatic rings. The molecule has 2 nitrogen and oxygen atoms in total. The number of piperidine rings is 1. The molecule has 1 saturated carbocycles. The SMILES string of the molecule is CC1CCC(C=O)(CN2CC(C)CC(C)C2C)CC1. The fourth-order valence-electron chi connectivity index (χ4n) is 4.10. The van der Waals surface area contributed by atoms with Crippen molar-refractivity contribution in [1.29, 1.82) is 0 Å². The smallest absolute Gasteiger partial charge is 0.127 e. The molecule has 0 aromatic heterocycles. The van der Waals surface area contributed by atoms with Gasteiger partial charge in [0, 0.05) is 24.5 Å². The first kappa shape index (κ1) is 15.0. The number of rotatable bonds is 3. The van der Waals surface area contributed by atoms with E-state index in [0.717, 1.165) is 37.1 Å². The summed E-state index contributed by atoms with van der Waals surface area (Å²) in [6.07, 6.45) is 7.28. The zero-order chi connectivity index (χ0) is 14.0. The van der Waals surface area contributed by atoms with Gasteiger partial charge in [0.05, 0.1) is 0 Å². The Hall–Kier alpha value is -0.370. The van der Waals surface area contributed by atoms with Gasteiger partial charge in [0.1, 0.15) is 6.29 Å². The van der Waals surface area contributed by atoms with E-state index in [1.165, 1.54) is 32.1 Å². The van der Waals surface area contributed by atoms with Gasteiger partial charge < -0.3 is 4.79 Å². The fourth-order valence-corrected chi connectivity index (χ4v) is 4.10. The van der Waals surface area contributed by atoms with Gasteiger partial charge >= 0.3 is 0 Å². The Labute approximate surface area is 118 Å². The zero-order valence-corrected chi connectivity index (χ0v) is 13.2. The van der Waals surface area contributed by atoms with Crippen LogP contribution in [0.25, 0.3) is 0 Å². The third kappa shape index (κ3) is 3.39. The summed E-state index contributed by atoms with van der Waals surface area (Å²) >= 11 is 0. The second-order valence-electron chi connectivity index (χ2n) is 7.65. The van der Waals surface area contributed by atoms with Crippen molar-refractivity contribution in [3.8, 4) is 0 Å². The highest BCUT2D eigenvalue weighted by Crippen LogP contribution is 2.39. The average Bonchev–Trinajstić information content (AvgIpc) is 2.38. The summed E-state index contributed by atoms with van der Waals surface area (Å²) in [6, 6.07) is 0.632. The molecule has 0 radical (unpaired) electrons. The van der Waals surface area contributed by atoms with Crippen LogP contribution < -0.4 is 0 Å². The lowest BCUT2D eigenvalue weighted by Gasteiger charge is -2.46. The van der Waals surface area contributed by atoms with E-state index in [1.807, 2.05) is 0 Å². The average molecular weight is 265 g/mol. The van der Waals surface area contributed by atoms with Crippen LogP contribution in [0.4, 0.5) is 0 Å². The molecule has 0 spiro atoms. The van der Waals surface area contributed by atoms with Crippen LogP contribution in [-0.2, 0) is 4.79 Å². The third-order valence-corrected chi connectivity index (χ3v) is 5.76. The molecule has 1 heterocycles. The molecule has 0 amide bonds. The maximum absolute atomic E-state index is 11.7. The molecule has 3 atom stereocenters. The van der Waals surface area contributed by atoms with Gasteiger partial charge in [-0.3, -0.25) is 4.90 Å². The standard InChI is InChI=1S/C17H31NO/c1-13-5-7-17(12-19,8-6-13)11-18-10-14(2)9-15(3)16(18)4/h12-16H,5-11H2,1-4H3. The van der Waals surface area contributed by atoms with Crippen molar-refractivity contribution in [3.05, 3.63) is 0 Å². The second kappa shape index (κ2) is 5.95. The zero-order valence-electron chi connectivity index (χ0n) is 13.2. The predicted molar refractivity (Wildman–Crippen MR) is 80.1 cm³/mol. The highest BCUT2D eigenvalue weighted by molar-refractivity contribution is 5.60. The van der Waals surface area contributed by atoms with Crippen LogP contribution >= 0.6 is 0 Å². The molecule has 1 aliphatic carbocycles. The number of hydrogen-bond donors (Lipinski definition) is 0. The molecule has 3 unspecified atom stereocenters. The number of aldehydes is 1. The van der Waals surface area contributed by atoms with Crippen LogP contribution in [-0.4, -0.2) is 30.3 Å². The lowest BCUT2D eigenvalue weighted by atomic mass is 9.70. The van der Waals surface area contributed by atoms with Gasteiger partial charge in [-0.25, -0.2) is 0 Å². The van der Waals surface area contributed by atoms with Crippen molar-refractivity contribution in [2.24, 2.45) is 23.2 Å². The van der Waals surface area contributed by atoms with Gasteiger partial charge in [0.15, 0.2) is 0 Å². The fraction of sp³-hybridized carbons (Fsp3) is 0.941. The van der Waals surface area contributed by atoms with E-state index in [2.05, 4.69) is 32.6 Å². The Morgan fingerprint density at radius 2 is 1.74 bits per heavy atom. The monoisotopic (exact) mass is 265 g/mol. The van der Waals surface area contributed by atoms with Gasteiger partial charge in [-0.1, -0.05) is 20.8 Å². The number of carbonyl (C=O) groups excluding carboxylic acids is 1. The molecule has 2 heteroatoms. The molecule has 2 rings (SSSR count). The van der Waals surface area contributed by atoms with Crippen LogP contribution in [0.3, 0.4) is 0 Å².